The van der Waals surface area contributed by atoms with Crippen molar-refractivity contribution in [3.63, 3.8) is 0 Å². The first kappa shape index (κ1) is 14.6. The zero-order valence-electron chi connectivity index (χ0n) is 11.4. The Labute approximate surface area is 124 Å². The largest absolute Gasteiger partial charge is 0.420 e. The average Bonchev–Trinajstić information content (AvgIpc) is 2.80. The number of hydrogen-bond acceptors (Lipinski definition) is 3. The molecule has 0 bridgehead atoms. The van der Waals surface area contributed by atoms with Crippen molar-refractivity contribution in [1.82, 2.24) is 19.7 Å². The molecule has 0 spiro atoms. The second-order valence-electron chi connectivity index (χ2n) is 5.38. The molecule has 1 aliphatic heterocycles. The molecule has 1 atom stereocenters. The van der Waals surface area contributed by atoms with Gasteiger partial charge in [0.2, 0.25) is 0 Å². The summed E-state index contributed by atoms with van der Waals surface area (Å²) in [4.78, 5) is 2.16. The number of aromatic nitrogens is 3. The van der Waals surface area contributed by atoms with Gasteiger partial charge in [-0.1, -0.05) is 11.6 Å². The normalized spacial score (nSPS) is 21.1. The van der Waals surface area contributed by atoms with E-state index in [0.29, 0.717) is 0 Å². The van der Waals surface area contributed by atoms with Crippen LogP contribution in [-0.2, 0) is 6.18 Å². The molecule has 114 valence electrons. The van der Waals surface area contributed by atoms with Gasteiger partial charge in [0.1, 0.15) is 5.56 Å². The SMILES string of the molecule is CN1CCCC(n2ccc3c(C(F)(F)F)c(Cl)nnc32)C1. The highest BCUT2D eigenvalue weighted by Gasteiger charge is 2.37. The van der Waals surface area contributed by atoms with Crippen LogP contribution in [0.3, 0.4) is 0 Å². The lowest BCUT2D eigenvalue weighted by Crippen LogP contribution is -2.33. The Kier molecular flexibility index (Phi) is 3.57. The van der Waals surface area contributed by atoms with Gasteiger partial charge in [0, 0.05) is 24.2 Å². The molecular weight excluding hydrogens is 305 g/mol. The number of halogens is 4. The van der Waals surface area contributed by atoms with Gasteiger partial charge in [0.25, 0.3) is 0 Å². The Morgan fingerprint density at radius 1 is 1.33 bits per heavy atom. The number of fused-ring (bicyclic) bond motifs is 1. The van der Waals surface area contributed by atoms with Crippen LogP contribution in [0.4, 0.5) is 13.2 Å². The van der Waals surface area contributed by atoms with Crippen molar-refractivity contribution < 1.29 is 13.2 Å². The van der Waals surface area contributed by atoms with Crippen LogP contribution in [0.2, 0.25) is 5.15 Å². The molecule has 1 fully saturated rings. The van der Waals surface area contributed by atoms with Crippen molar-refractivity contribution in [2.45, 2.75) is 25.1 Å². The predicted molar refractivity (Wildman–Crippen MR) is 73.3 cm³/mol. The zero-order valence-corrected chi connectivity index (χ0v) is 12.1. The fraction of sp³-hybridized carbons (Fsp3) is 0.538. The van der Waals surface area contributed by atoms with Crippen LogP contribution in [0.25, 0.3) is 11.0 Å². The van der Waals surface area contributed by atoms with Crippen LogP contribution in [-0.4, -0.2) is 39.8 Å². The van der Waals surface area contributed by atoms with E-state index in [1.807, 2.05) is 7.05 Å². The minimum absolute atomic E-state index is 0.00993. The molecule has 0 aliphatic carbocycles. The molecule has 0 saturated carbocycles. The van der Waals surface area contributed by atoms with Gasteiger partial charge in [-0.2, -0.15) is 13.2 Å². The van der Waals surface area contributed by atoms with E-state index in [1.165, 1.54) is 6.07 Å². The van der Waals surface area contributed by atoms with Gasteiger partial charge in [-0.3, -0.25) is 0 Å². The number of piperidine rings is 1. The predicted octanol–water partition coefficient (Wildman–Crippen LogP) is 3.37. The number of nitrogens with zero attached hydrogens (tertiary/aromatic N) is 4. The van der Waals surface area contributed by atoms with Crippen molar-refractivity contribution in [3.05, 3.63) is 23.0 Å². The third-order valence-corrected chi connectivity index (χ3v) is 4.14. The Hall–Kier alpha value is -1.34. The van der Waals surface area contributed by atoms with Crippen molar-refractivity contribution in [1.29, 1.82) is 0 Å². The number of hydrogen-bond donors (Lipinski definition) is 0. The highest BCUT2D eigenvalue weighted by atomic mass is 35.5. The molecule has 21 heavy (non-hydrogen) atoms. The number of likely N-dealkylation sites (N-methyl/N-ethyl adjacent to an activating group) is 1. The Bertz CT molecular complexity index is 667. The minimum atomic E-state index is -4.54. The second kappa shape index (κ2) is 5.14. The summed E-state index contributed by atoms with van der Waals surface area (Å²) in [5, 5.41) is 6.77. The van der Waals surface area contributed by atoms with E-state index in [-0.39, 0.29) is 17.1 Å². The molecule has 2 aromatic rings. The number of alkyl halides is 3. The van der Waals surface area contributed by atoms with Crippen LogP contribution >= 0.6 is 11.6 Å². The van der Waals surface area contributed by atoms with Crippen molar-refractivity contribution in [2.75, 3.05) is 20.1 Å². The Morgan fingerprint density at radius 2 is 2.10 bits per heavy atom. The molecule has 0 radical (unpaired) electrons. The van der Waals surface area contributed by atoms with E-state index in [1.54, 1.807) is 10.8 Å². The summed E-state index contributed by atoms with van der Waals surface area (Å²) in [7, 11) is 2.00. The van der Waals surface area contributed by atoms with E-state index in [2.05, 4.69) is 15.1 Å². The van der Waals surface area contributed by atoms with Crippen LogP contribution in [0.5, 0.6) is 0 Å². The van der Waals surface area contributed by atoms with Gasteiger partial charge in [0.05, 0.1) is 0 Å². The Morgan fingerprint density at radius 3 is 2.76 bits per heavy atom. The molecule has 0 aromatic carbocycles. The van der Waals surface area contributed by atoms with Crippen LogP contribution in [0.15, 0.2) is 12.3 Å². The van der Waals surface area contributed by atoms with Crippen molar-refractivity contribution in [3.8, 4) is 0 Å². The lowest BCUT2D eigenvalue weighted by molar-refractivity contribution is -0.136. The summed E-state index contributed by atoms with van der Waals surface area (Å²) < 4.78 is 41.1. The smallest absolute Gasteiger partial charge is 0.327 e. The number of rotatable bonds is 1. The van der Waals surface area contributed by atoms with Crippen LogP contribution in [0.1, 0.15) is 24.4 Å². The second-order valence-corrected chi connectivity index (χ2v) is 5.74. The van der Waals surface area contributed by atoms with Crippen molar-refractivity contribution in [2.24, 2.45) is 0 Å². The lowest BCUT2D eigenvalue weighted by Gasteiger charge is -2.30. The summed E-state index contributed by atoms with van der Waals surface area (Å²) in [5.74, 6) is 0. The first-order valence-corrected chi connectivity index (χ1v) is 7.04. The summed E-state index contributed by atoms with van der Waals surface area (Å²) in [6.45, 7) is 1.79. The highest BCUT2D eigenvalue weighted by Crippen LogP contribution is 2.39. The first-order chi connectivity index (χ1) is 9.88. The fourth-order valence-electron chi connectivity index (χ4n) is 2.92. The Balaban J connectivity index is 2.11. The first-order valence-electron chi connectivity index (χ1n) is 6.66. The maximum Gasteiger partial charge on any atom is 0.420 e. The van der Waals surface area contributed by atoms with Gasteiger partial charge in [0.15, 0.2) is 10.8 Å². The minimum Gasteiger partial charge on any atom is -0.327 e. The monoisotopic (exact) mass is 318 g/mol. The molecule has 1 unspecified atom stereocenters. The molecule has 8 heteroatoms. The maximum atomic E-state index is 13.1. The van der Waals surface area contributed by atoms with E-state index in [0.717, 1.165) is 25.9 Å². The summed E-state index contributed by atoms with van der Waals surface area (Å²) in [6.07, 6.45) is -0.969. The summed E-state index contributed by atoms with van der Waals surface area (Å²) in [5.41, 5.74) is -0.663. The van der Waals surface area contributed by atoms with Gasteiger partial charge in [-0.25, -0.2) is 0 Å². The van der Waals surface area contributed by atoms with Gasteiger partial charge in [-0.15, -0.1) is 10.2 Å². The fourth-order valence-corrected chi connectivity index (χ4v) is 3.17. The molecule has 4 nitrogen and oxygen atoms in total. The molecule has 0 amide bonds. The molecule has 2 aromatic heterocycles. The van der Waals surface area contributed by atoms with Gasteiger partial charge >= 0.3 is 6.18 Å². The standard InChI is InChI=1S/C13H14ClF3N4/c1-20-5-2-3-8(7-20)21-6-4-9-10(13(15,16)17)11(14)18-19-12(9)21/h4,6,8H,2-3,5,7H2,1H3. The van der Waals surface area contributed by atoms with Crippen LogP contribution < -0.4 is 0 Å². The van der Waals surface area contributed by atoms with E-state index >= 15 is 0 Å². The average molecular weight is 319 g/mol. The third-order valence-electron chi connectivity index (χ3n) is 3.87. The van der Waals surface area contributed by atoms with Crippen LogP contribution in [0, 0.1) is 0 Å². The molecule has 3 heterocycles. The third kappa shape index (κ3) is 2.60. The topological polar surface area (TPSA) is 34.0 Å². The van der Waals surface area contributed by atoms with Crippen molar-refractivity contribution >= 4 is 22.6 Å². The quantitative estimate of drug-likeness (QED) is 0.808. The van der Waals surface area contributed by atoms with E-state index in [9.17, 15) is 13.2 Å². The zero-order chi connectivity index (χ0) is 15.2. The summed E-state index contributed by atoms with van der Waals surface area (Å²) >= 11 is 5.59. The number of likely N-dealkylation sites (tertiary alicyclic amines) is 1. The molecule has 3 rings (SSSR count). The summed E-state index contributed by atoms with van der Waals surface area (Å²) in [6, 6.07) is 1.53. The van der Waals surface area contributed by atoms with E-state index in [4.69, 9.17) is 11.6 Å². The molecule has 1 aliphatic rings. The van der Waals surface area contributed by atoms with Gasteiger partial charge in [-0.05, 0) is 32.5 Å². The molecular formula is C13H14ClF3N4. The molecule has 1 saturated heterocycles. The lowest BCUT2D eigenvalue weighted by atomic mass is 10.1. The maximum absolute atomic E-state index is 13.1. The van der Waals surface area contributed by atoms with E-state index < -0.39 is 16.9 Å². The van der Waals surface area contributed by atoms with Gasteiger partial charge < -0.3 is 9.47 Å². The highest BCUT2D eigenvalue weighted by molar-refractivity contribution is 6.31. The molecule has 0 N–H and O–H groups in total.